The average molecular weight is 463 g/mol. The number of piperazine rings is 1. The van der Waals surface area contributed by atoms with Gasteiger partial charge in [-0.05, 0) is 48.5 Å². The average Bonchev–Trinajstić information content (AvgIpc) is 3.30. The van der Waals surface area contributed by atoms with Crippen molar-refractivity contribution in [2.24, 2.45) is 0 Å². The van der Waals surface area contributed by atoms with Crippen molar-refractivity contribution in [3.63, 3.8) is 0 Å². The van der Waals surface area contributed by atoms with Crippen molar-refractivity contribution in [1.29, 1.82) is 0 Å². The maximum atomic E-state index is 12.7. The quantitative estimate of drug-likeness (QED) is 0.503. The molecule has 1 aliphatic rings. The maximum Gasteiger partial charge on any atom is 0.258 e. The number of aromatic nitrogens is 4. The summed E-state index contributed by atoms with van der Waals surface area (Å²) >= 11 is 6.07. The topological polar surface area (TPSA) is 104 Å². The molecule has 33 heavy (non-hydrogen) atoms. The van der Waals surface area contributed by atoms with E-state index in [-0.39, 0.29) is 23.9 Å². The number of rotatable bonds is 3. The Kier molecular flexibility index (Phi) is 5.18. The molecule has 0 radical (unpaired) electrons. The number of amides is 2. The predicted molar refractivity (Wildman–Crippen MR) is 123 cm³/mol. The van der Waals surface area contributed by atoms with Gasteiger partial charge in [-0.1, -0.05) is 16.8 Å². The van der Waals surface area contributed by atoms with Gasteiger partial charge in [-0.15, -0.1) is 5.10 Å². The maximum absolute atomic E-state index is 12.7. The number of fused-ring (bicyclic) bond motifs is 1. The van der Waals surface area contributed by atoms with E-state index in [1.807, 2.05) is 0 Å². The molecule has 10 heteroatoms. The van der Waals surface area contributed by atoms with Crippen LogP contribution in [0.5, 0.6) is 0 Å². The van der Waals surface area contributed by atoms with Crippen LogP contribution in [0.2, 0.25) is 5.02 Å². The van der Waals surface area contributed by atoms with E-state index in [9.17, 15) is 14.4 Å². The van der Waals surface area contributed by atoms with Gasteiger partial charge in [0.05, 0.1) is 17.4 Å². The first-order valence-corrected chi connectivity index (χ1v) is 10.7. The molecule has 0 spiro atoms. The zero-order valence-corrected chi connectivity index (χ0v) is 18.4. The van der Waals surface area contributed by atoms with Crippen molar-refractivity contribution in [3.8, 4) is 16.9 Å². The number of aromatic amines is 1. The standard InChI is InChI=1S/C23H19ClN6O3/c1-28-8-9-29(13-21(28)31)23(33)14-2-5-17(6-3-14)30-12-20(26-27-30)18-11-15-10-16(24)4-7-19(15)25-22(18)32/h2-7,10-12H,8-9,13H2,1H3,(H,25,32). The Labute approximate surface area is 193 Å². The smallest absolute Gasteiger partial charge is 0.258 e. The summed E-state index contributed by atoms with van der Waals surface area (Å²) in [4.78, 5) is 43.2. The van der Waals surface area contributed by atoms with Gasteiger partial charge in [-0.25, -0.2) is 4.68 Å². The molecular weight excluding hydrogens is 444 g/mol. The number of carbonyl (C=O) groups is 2. The van der Waals surface area contributed by atoms with Crippen LogP contribution in [0.25, 0.3) is 27.8 Å². The van der Waals surface area contributed by atoms with E-state index in [2.05, 4.69) is 15.3 Å². The molecule has 1 aliphatic heterocycles. The molecule has 0 aliphatic carbocycles. The minimum atomic E-state index is -0.278. The van der Waals surface area contributed by atoms with Gasteiger partial charge in [0.1, 0.15) is 12.2 Å². The number of pyridine rings is 1. The highest BCUT2D eigenvalue weighted by atomic mass is 35.5. The van der Waals surface area contributed by atoms with Crippen LogP contribution in [0.3, 0.4) is 0 Å². The van der Waals surface area contributed by atoms with Crippen molar-refractivity contribution in [1.82, 2.24) is 29.8 Å². The molecule has 1 N–H and O–H groups in total. The van der Waals surface area contributed by atoms with Crippen molar-refractivity contribution in [3.05, 3.63) is 75.7 Å². The highest BCUT2D eigenvalue weighted by molar-refractivity contribution is 6.31. The van der Waals surface area contributed by atoms with Crippen LogP contribution >= 0.6 is 11.6 Å². The number of H-pyrrole nitrogens is 1. The highest BCUT2D eigenvalue weighted by Crippen LogP contribution is 2.22. The molecule has 5 rings (SSSR count). The van der Waals surface area contributed by atoms with Crippen LogP contribution in [0, 0.1) is 0 Å². The SMILES string of the molecule is CN1CCN(C(=O)c2ccc(-n3cc(-c4cc5cc(Cl)ccc5[nH]c4=O)nn3)cc2)CC1=O. The monoisotopic (exact) mass is 462 g/mol. The minimum absolute atomic E-state index is 0.0766. The van der Waals surface area contributed by atoms with Crippen molar-refractivity contribution < 1.29 is 9.59 Å². The molecule has 0 unspecified atom stereocenters. The Morgan fingerprint density at radius 1 is 1.06 bits per heavy atom. The fourth-order valence-electron chi connectivity index (χ4n) is 3.75. The van der Waals surface area contributed by atoms with Crippen LogP contribution in [-0.4, -0.2) is 68.3 Å². The lowest BCUT2D eigenvalue weighted by atomic mass is 10.1. The summed E-state index contributed by atoms with van der Waals surface area (Å²) in [5.74, 6) is -0.268. The molecule has 4 aromatic rings. The van der Waals surface area contributed by atoms with Gasteiger partial charge in [0.15, 0.2) is 0 Å². The van der Waals surface area contributed by atoms with Gasteiger partial charge in [-0.2, -0.15) is 0 Å². The fourth-order valence-corrected chi connectivity index (χ4v) is 3.93. The summed E-state index contributed by atoms with van der Waals surface area (Å²) < 4.78 is 1.53. The van der Waals surface area contributed by atoms with Crippen molar-refractivity contribution >= 4 is 34.3 Å². The van der Waals surface area contributed by atoms with Crippen LogP contribution in [0.4, 0.5) is 0 Å². The first kappa shape index (κ1) is 20.9. The van der Waals surface area contributed by atoms with Crippen molar-refractivity contribution in [2.75, 3.05) is 26.7 Å². The summed E-state index contributed by atoms with van der Waals surface area (Å²) in [5.41, 5.74) is 2.36. The van der Waals surface area contributed by atoms with Gasteiger partial charge in [0.25, 0.3) is 11.5 Å². The van der Waals surface area contributed by atoms with Crippen LogP contribution in [-0.2, 0) is 4.79 Å². The number of nitrogens with one attached hydrogen (secondary N) is 1. The fraction of sp³-hybridized carbons (Fsp3) is 0.174. The first-order valence-electron chi connectivity index (χ1n) is 10.3. The van der Waals surface area contributed by atoms with Gasteiger partial charge >= 0.3 is 0 Å². The largest absolute Gasteiger partial charge is 0.342 e. The summed E-state index contributed by atoms with van der Waals surface area (Å²) in [6.07, 6.45) is 1.65. The lowest BCUT2D eigenvalue weighted by Crippen LogP contribution is -2.50. The minimum Gasteiger partial charge on any atom is -0.342 e. The third-order valence-corrected chi connectivity index (χ3v) is 5.93. The van der Waals surface area contributed by atoms with E-state index in [1.54, 1.807) is 71.6 Å². The molecule has 2 aromatic carbocycles. The Morgan fingerprint density at radius 2 is 1.85 bits per heavy atom. The van der Waals surface area contributed by atoms with Gasteiger partial charge in [-0.3, -0.25) is 14.4 Å². The molecule has 2 amide bonds. The van der Waals surface area contributed by atoms with Crippen LogP contribution < -0.4 is 5.56 Å². The lowest BCUT2D eigenvalue weighted by molar-refractivity contribution is -0.133. The van der Waals surface area contributed by atoms with E-state index in [4.69, 9.17) is 11.6 Å². The lowest BCUT2D eigenvalue weighted by Gasteiger charge is -2.32. The number of hydrogen-bond acceptors (Lipinski definition) is 5. The van der Waals surface area contributed by atoms with Gasteiger partial charge in [0, 0.05) is 41.6 Å². The van der Waals surface area contributed by atoms with Crippen molar-refractivity contribution in [2.45, 2.75) is 0 Å². The van der Waals surface area contributed by atoms with Gasteiger partial charge < -0.3 is 14.8 Å². The molecule has 1 saturated heterocycles. The molecule has 2 aromatic heterocycles. The molecule has 3 heterocycles. The Hall–Kier alpha value is -3.98. The number of likely N-dealkylation sites (N-methyl/N-ethyl adjacent to an activating group) is 1. The predicted octanol–water partition coefficient (Wildman–Crippen LogP) is 2.34. The second-order valence-corrected chi connectivity index (χ2v) is 8.32. The number of hydrogen-bond donors (Lipinski definition) is 1. The van der Waals surface area contributed by atoms with E-state index in [0.29, 0.717) is 46.1 Å². The number of benzene rings is 2. The third-order valence-electron chi connectivity index (χ3n) is 5.70. The normalized spacial score (nSPS) is 14.2. The molecule has 0 saturated carbocycles. The third kappa shape index (κ3) is 3.98. The second kappa shape index (κ2) is 8.18. The van der Waals surface area contributed by atoms with E-state index in [0.717, 1.165) is 5.39 Å². The summed E-state index contributed by atoms with van der Waals surface area (Å²) in [6.45, 7) is 1.10. The molecule has 166 valence electrons. The zero-order chi connectivity index (χ0) is 23.1. The number of nitrogens with zero attached hydrogens (tertiary/aromatic N) is 5. The summed E-state index contributed by atoms with van der Waals surface area (Å²) in [5, 5.41) is 9.63. The summed E-state index contributed by atoms with van der Waals surface area (Å²) in [6, 6.07) is 13.8. The second-order valence-electron chi connectivity index (χ2n) is 7.88. The Balaban J connectivity index is 1.39. The van der Waals surface area contributed by atoms with E-state index < -0.39 is 0 Å². The van der Waals surface area contributed by atoms with E-state index in [1.165, 1.54) is 4.68 Å². The number of carbonyl (C=O) groups excluding carboxylic acids is 2. The summed E-state index contributed by atoms with van der Waals surface area (Å²) in [7, 11) is 1.73. The van der Waals surface area contributed by atoms with Crippen LogP contribution in [0.1, 0.15) is 10.4 Å². The molecule has 0 atom stereocenters. The molecular formula is C23H19ClN6O3. The first-order chi connectivity index (χ1) is 15.9. The van der Waals surface area contributed by atoms with Crippen LogP contribution in [0.15, 0.2) is 59.5 Å². The highest BCUT2D eigenvalue weighted by Gasteiger charge is 2.25. The zero-order valence-electron chi connectivity index (χ0n) is 17.7. The number of halogens is 1. The Bertz CT molecular complexity index is 1440. The molecule has 0 bridgehead atoms. The van der Waals surface area contributed by atoms with E-state index >= 15 is 0 Å². The van der Waals surface area contributed by atoms with Gasteiger partial charge in [0.2, 0.25) is 5.91 Å². The molecule has 9 nitrogen and oxygen atoms in total. The Morgan fingerprint density at radius 3 is 2.61 bits per heavy atom. The molecule has 1 fully saturated rings.